The van der Waals surface area contributed by atoms with Crippen LogP contribution < -0.4 is 0 Å². The highest BCUT2D eigenvalue weighted by Crippen LogP contribution is 2.16. The molecule has 0 aliphatic heterocycles. The number of hydrogen-bond donors (Lipinski definition) is 0. The van der Waals surface area contributed by atoms with E-state index >= 15 is 0 Å². The van der Waals surface area contributed by atoms with E-state index in [0.29, 0.717) is 0 Å². The van der Waals surface area contributed by atoms with Gasteiger partial charge in [0.1, 0.15) is 0 Å². The van der Waals surface area contributed by atoms with Gasteiger partial charge in [0.05, 0.1) is 0 Å². The average molecular weight is 254 g/mol. The first-order valence-corrected chi connectivity index (χ1v) is 7.41. The predicted molar refractivity (Wildman–Crippen MR) is 65.5 cm³/mol. The molecule has 0 fully saturated rings. The van der Waals surface area contributed by atoms with Gasteiger partial charge in [0.2, 0.25) is 0 Å². The third kappa shape index (κ3) is 7.32. The van der Waals surface area contributed by atoms with Crippen molar-refractivity contribution in [3.63, 3.8) is 0 Å². The molecule has 0 atom stereocenters. The summed E-state index contributed by atoms with van der Waals surface area (Å²) in [5, 5.41) is 0. The summed E-state index contributed by atoms with van der Waals surface area (Å²) in [6.07, 6.45) is 3.13. The van der Waals surface area contributed by atoms with Crippen molar-refractivity contribution in [1.82, 2.24) is 0 Å². The van der Waals surface area contributed by atoms with Crippen molar-refractivity contribution in [3.8, 4) is 0 Å². The fourth-order valence-corrected chi connectivity index (χ4v) is 3.14. The Kier molecular flexibility index (Phi) is 13.2. The molecule has 0 spiro atoms. The third-order valence-corrected chi connectivity index (χ3v) is 5.14. The summed E-state index contributed by atoms with van der Waals surface area (Å²) in [6.45, 7) is 3.77. The molecule has 0 radical (unpaired) electrons. The Labute approximate surface area is 99.7 Å². The molecule has 16 heavy (non-hydrogen) atoms. The van der Waals surface area contributed by atoms with Crippen LogP contribution in [0.4, 0.5) is 0 Å². The minimum absolute atomic E-state index is 0. The van der Waals surface area contributed by atoms with Gasteiger partial charge in [-0.25, -0.2) is 0 Å². The van der Waals surface area contributed by atoms with E-state index in [0.717, 1.165) is 38.5 Å². The van der Waals surface area contributed by atoms with Gasteiger partial charge in [0.25, 0.3) is 0 Å². The van der Waals surface area contributed by atoms with E-state index in [1.54, 1.807) is 21.3 Å². The van der Waals surface area contributed by atoms with Gasteiger partial charge in [-0.1, -0.05) is 6.92 Å². The van der Waals surface area contributed by atoms with Crippen LogP contribution in [0.2, 0.25) is 6.04 Å². The topological polar surface area (TPSA) is 68.4 Å². The quantitative estimate of drug-likeness (QED) is 0.434. The van der Waals surface area contributed by atoms with Crippen molar-refractivity contribution in [2.24, 2.45) is 0 Å². The van der Waals surface area contributed by atoms with Crippen molar-refractivity contribution in [3.05, 3.63) is 0 Å². The van der Waals surface area contributed by atoms with Crippen LogP contribution in [0.25, 0.3) is 0 Å². The molecule has 0 unspecified atom stereocenters. The highest BCUT2D eigenvalue weighted by atomic mass is 28.4. The summed E-state index contributed by atoms with van der Waals surface area (Å²) in [5.74, 6) is 0. The van der Waals surface area contributed by atoms with Crippen molar-refractivity contribution in [2.45, 2.75) is 32.2 Å². The van der Waals surface area contributed by atoms with Crippen molar-refractivity contribution >= 4 is 8.80 Å². The molecule has 0 rings (SSSR count). The number of ether oxygens (including phenoxy) is 1. The normalized spacial score (nSPS) is 11.2. The summed E-state index contributed by atoms with van der Waals surface area (Å²) in [5.41, 5.74) is 0. The Balaban J connectivity index is 0. The van der Waals surface area contributed by atoms with Crippen LogP contribution in [0.15, 0.2) is 0 Å². The Morgan fingerprint density at radius 2 is 1.44 bits per heavy atom. The molecule has 6 heteroatoms. The van der Waals surface area contributed by atoms with Gasteiger partial charge in [-0.3, -0.25) is 0 Å². The number of unbranched alkanes of at least 4 members (excludes halogenated alkanes) is 1. The lowest BCUT2D eigenvalue weighted by Gasteiger charge is -2.24. The summed E-state index contributed by atoms with van der Waals surface area (Å²) in [7, 11) is 2.60. The maximum absolute atomic E-state index is 5.39. The van der Waals surface area contributed by atoms with Gasteiger partial charge in [-0.2, -0.15) is 0 Å². The highest BCUT2D eigenvalue weighted by molar-refractivity contribution is 6.60. The maximum Gasteiger partial charge on any atom is 0.500 e. The SMILES string of the molecule is CCCOCCCC[Si](OC)(OC)OC.O. The second kappa shape index (κ2) is 11.5. The van der Waals surface area contributed by atoms with E-state index in [1.807, 2.05) is 0 Å². The van der Waals surface area contributed by atoms with Crippen molar-refractivity contribution in [2.75, 3.05) is 34.5 Å². The van der Waals surface area contributed by atoms with Crippen LogP contribution in [0, 0.1) is 0 Å². The Hall–Kier alpha value is 0.0169. The fraction of sp³-hybridized carbons (Fsp3) is 1.00. The lowest BCUT2D eigenvalue weighted by molar-refractivity contribution is 0.115. The molecule has 0 aliphatic rings. The molecule has 0 aromatic rings. The predicted octanol–water partition coefficient (Wildman–Crippen LogP) is 1.25. The summed E-state index contributed by atoms with van der Waals surface area (Å²) in [4.78, 5) is 0. The monoisotopic (exact) mass is 254 g/mol. The average Bonchev–Trinajstić information content (AvgIpc) is 2.29. The molecule has 0 heterocycles. The summed E-state index contributed by atoms with van der Waals surface area (Å²) in [6, 6.07) is 0.853. The van der Waals surface area contributed by atoms with Crippen molar-refractivity contribution < 1.29 is 23.5 Å². The van der Waals surface area contributed by atoms with E-state index in [-0.39, 0.29) is 5.48 Å². The molecule has 0 amide bonds. The molecule has 0 saturated carbocycles. The standard InChI is InChI=1S/C10H24O4Si.H2O/c1-5-8-14-9-6-7-10-15(11-2,12-3)13-4;/h5-10H2,1-4H3;1H2. The van der Waals surface area contributed by atoms with Gasteiger partial charge >= 0.3 is 8.80 Å². The zero-order valence-electron chi connectivity index (χ0n) is 10.9. The first-order chi connectivity index (χ1) is 7.24. The van der Waals surface area contributed by atoms with E-state index in [1.165, 1.54) is 0 Å². The first kappa shape index (κ1) is 18.4. The molecule has 100 valence electrons. The minimum Gasteiger partial charge on any atom is -0.412 e. The van der Waals surface area contributed by atoms with Crippen LogP contribution in [0.5, 0.6) is 0 Å². The van der Waals surface area contributed by atoms with E-state index in [2.05, 4.69) is 6.92 Å². The van der Waals surface area contributed by atoms with Crippen LogP contribution >= 0.6 is 0 Å². The molecule has 0 aromatic heterocycles. The van der Waals surface area contributed by atoms with Gasteiger partial charge < -0.3 is 23.5 Å². The van der Waals surface area contributed by atoms with Crippen LogP contribution in [-0.4, -0.2) is 48.8 Å². The van der Waals surface area contributed by atoms with E-state index in [4.69, 9.17) is 18.0 Å². The molecule has 5 nitrogen and oxygen atoms in total. The molecule has 0 saturated heterocycles. The van der Waals surface area contributed by atoms with Crippen LogP contribution in [0.3, 0.4) is 0 Å². The summed E-state index contributed by atoms with van der Waals surface area (Å²) < 4.78 is 21.3. The van der Waals surface area contributed by atoms with Gasteiger partial charge in [0.15, 0.2) is 0 Å². The molecule has 0 aliphatic carbocycles. The van der Waals surface area contributed by atoms with Crippen LogP contribution in [-0.2, 0) is 18.0 Å². The maximum atomic E-state index is 5.39. The molecule has 2 N–H and O–H groups in total. The number of rotatable bonds is 10. The fourth-order valence-electron chi connectivity index (χ4n) is 1.35. The lowest BCUT2D eigenvalue weighted by Crippen LogP contribution is -2.42. The zero-order chi connectivity index (χ0) is 11.6. The minimum atomic E-state index is -2.34. The summed E-state index contributed by atoms with van der Waals surface area (Å²) >= 11 is 0. The second-order valence-corrected chi connectivity index (χ2v) is 6.46. The first-order valence-electron chi connectivity index (χ1n) is 5.48. The lowest BCUT2D eigenvalue weighted by atomic mass is 10.3. The van der Waals surface area contributed by atoms with Crippen molar-refractivity contribution in [1.29, 1.82) is 0 Å². The number of hydrogen-bond acceptors (Lipinski definition) is 4. The van der Waals surface area contributed by atoms with Gasteiger partial charge in [-0.05, 0) is 19.3 Å². The Morgan fingerprint density at radius 3 is 1.88 bits per heavy atom. The smallest absolute Gasteiger partial charge is 0.412 e. The zero-order valence-corrected chi connectivity index (χ0v) is 11.9. The van der Waals surface area contributed by atoms with Crippen LogP contribution in [0.1, 0.15) is 26.2 Å². The van der Waals surface area contributed by atoms with E-state index in [9.17, 15) is 0 Å². The molecular formula is C10H26O5Si. The largest absolute Gasteiger partial charge is 0.500 e. The van der Waals surface area contributed by atoms with E-state index < -0.39 is 8.80 Å². The molecular weight excluding hydrogens is 228 g/mol. The second-order valence-electron chi connectivity index (χ2n) is 3.36. The Morgan fingerprint density at radius 1 is 0.875 bits per heavy atom. The molecule has 0 aromatic carbocycles. The van der Waals surface area contributed by atoms with Gasteiger partial charge in [-0.15, -0.1) is 0 Å². The molecule has 0 bridgehead atoms. The van der Waals surface area contributed by atoms with Gasteiger partial charge in [0, 0.05) is 40.6 Å². The Bertz CT molecular complexity index is 133. The third-order valence-electron chi connectivity index (χ3n) is 2.30. The highest BCUT2D eigenvalue weighted by Gasteiger charge is 2.36.